The van der Waals surface area contributed by atoms with E-state index in [1.165, 1.54) is 5.56 Å². The number of nitrogens with one attached hydrogen (secondary N) is 1. The van der Waals surface area contributed by atoms with Gasteiger partial charge in [0.25, 0.3) is 0 Å². The molecule has 0 bridgehead atoms. The van der Waals surface area contributed by atoms with Gasteiger partial charge in [0.2, 0.25) is 0 Å². The van der Waals surface area contributed by atoms with Crippen LogP contribution in [-0.4, -0.2) is 43.2 Å². The Kier molecular flexibility index (Phi) is 4.70. The van der Waals surface area contributed by atoms with Gasteiger partial charge < -0.3 is 20.1 Å². The number of fused-ring (bicyclic) bond motifs is 4. The van der Waals surface area contributed by atoms with Crippen molar-refractivity contribution >= 4 is 17.5 Å². The first kappa shape index (κ1) is 18.3. The number of amides is 2. The maximum atomic E-state index is 12.6. The third-order valence-electron chi connectivity index (χ3n) is 5.71. The lowest BCUT2D eigenvalue weighted by Gasteiger charge is -2.46. The van der Waals surface area contributed by atoms with Crippen LogP contribution in [0.15, 0.2) is 28.5 Å². The van der Waals surface area contributed by atoms with Gasteiger partial charge in [0.15, 0.2) is 17.3 Å². The summed E-state index contributed by atoms with van der Waals surface area (Å²) in [6.07, 6.45) is 3.55. The molecule has 0 saturated carbocycles. The molecule has 0 unspecified atom stereocenters. The van der Waals surface area contributed by atoms with Crippen LogP contribution in [0.25, 0.3) is 0 Å². The Labute approximate surface area is 163 Å². The number of allylic oxidation sites excluding steroid dienone is 2. The molecule has 0 fully saturated rings. The normalized spacial score (nSPS) is 22.4. The van der Waals surface area contributed by atoms with Crippen LogP contribution in [0, 0.1) is 0 Å². The van der Waals surface area contributed by atoms with Crippen molar-refractivity contribution in [2.75, 3.05) is 20.8 Å². The molecule has 1 aromatic rings. The number of ketones is 1. The van der Waals surface area contributed by atoms with Crippen LogP contribution in [0.2, 0.25) is 0 Å². The molecule has 1 atom stereocenters. The number of carbonyl (C=O) groups excluding carboxylic acids is 2. The Hall–Kier alpha value is -3.03. The maximum absolute atomic E-state index is 12.6. The number of ether oxygens (including phenoxy) is 2. The quantitative estimate of drug-likeness (QED) is 0.776. The third-order valence-corrected chi connectivity index (χ3v) is 5.71. The van der Waals surface area contributed by atoms with E-state index < -0.39 is 6.03 Å². The summed E-state index contributed by atoms with van der Waals surface area (Å²) in [4.78, 5) is 26.1. The molecule has 3 aliphatic rings. The van der Waals surface area contributed by atoms with Crippen molar-refractivity contribution in [3.8, 4) is 11.5 Å². The Morgan fingerprint density at radius 1 is 1.21 bits per heavy atom. The molecule has 8 heteroatoms. The van der Waals surface area contributed by atoms with Crippen LogP contribution < -0.4 is 20.6 Å². The summed E-state index contributed by atoms with van der Waals surface area (Å²) in [7, 11) is 3.25. The molecule has 148 valence electrons. The summed E-state index contributed by atoms with van der Waals surface area (Å²) in [6, 6.07) is 3.33. The first-order valence-corrected chi connectivity index (χ1v) is 9.43. The Morgan fingerprint density at radius 3 is 2.68 bits per heavy atom. The molecular formula is C20H24N4O4. The second kappa shape index (κ2) is 7.18. The number of Topliss-reactive ketones (excluding diaryl/α,β-unsaturated/α-hetero) is 1. The van der Waals surface area contributed by atoms with Crippen molar-refractivity contribution in [2.24, 2.45) is 10.8 Å². The maximum Gasteiger partial charge on any atom is 0.332 e. The number of hydrogen-bond donors (Lipinski definition) is 2. The number of carbonyl (C=O) groups is 2. The van der Waals surface area contributed by atoms with Gasteiger partial charge in [0.05, 0.1) is 31.5 Å². The van der Waals surface area contributed by atoms with Crippen molar-refractivity contribution < 1.29 is 19.1 Å². The van der Waals surface area contributed by atoms with Gasteiger partial charge in [-0.1, -0.05) is 0 Å². The van der Waals surface area contributed by atoms with Crippen molar-refractivity contribution in [3.05, 3.63) is 34.5 Å². The standard InChI is InChI=1S/C20H24N4O4/c1-27-17-8-11-6-7-24-14-4-3-5-16(25)19(14)13(22-23-20(21)26)10-15(24)12(11)9-18(17)28-2/h8-9,15H,3-7,10H2,1-2H3,(H3,21,23,26)/b22-13-/t15-/m1/s1. The van der Waals surface area contributed by atoms with Crippen LogP contribution in [0.5, 0.6) is 11.5 Å². The largest absolute Gasteiger partial charge is 0.493 e. The van der Waals surface area contributed by atoms with E-state index in [4.69, 9.17) is 15.2 Å². The van der Waals surface area contributed by atoms with Crippen molar-refractivity contribution in [1.82, 2.24) is 10.3 Å². The highest BCUT2D eigenvalue weighted by atomic mass is 16.5. The van der Waals surface area contributed by atoms with Crippen molar-refractivity contribution in [3.63, 3.8) is 0 Å². The average Bonchev–Trinajstić information content (AvgIpc) is 2.70. The van der Waals surface area contributed by atoms with Gasteiger partial charge in [0, 0.05) is 25.1 Å². The number of nitrogens with zero attached hydrogens (tertiary/aromatic N) is 2. The molecule has 0 aromatic heterocycles. The van der Waals surface area contributed by atoms with Crippen LogP contribution >= 0.6 is 0 Å². The molecule has 2 amide bonds. The highest BCUT2D eigenvalue weighted by Crippen LogP contribution is 2.46. The van der Waals surface area contributed by atoms with E-state index in [0.29, 0.717) is 35.6 Å². The van der Waals surface area contributed by atoms with Crippen LogP contribution in [0.1, 0.15) is 42.9 Å². The molecule has 0 radical (unpaired) electrons. The van der Waals surface area contributed by atoms with Crippen LogP contribution in [0.3, 0.4) is 0 Å². The lowest BCUT2D eigenvalue weighted by Crippen LogP contribution is -2.44. The summed E-state index contributed by atoms with van der Waals surface area (Å²) in [6.45, 7) is 0.829. The molecule has 0 spiro atoms. The fraction of sp³-hybridized carbons (Fsp3) is 0.450. The molecular weight excluding hydrogens is 360 g/mol. The number of nitrogens with two attached hydrogens (primary N) is 1. The zero-order chi connectivity index (χ0) is 19.8. The number of rotatable bonds is 3. The van der Waals surface area contributed by atoms with E-state index in [1.807, 2.05) is 12.1 Å². The molecule has 28 heavy (non-hydrogen) atoms. The molecule has 4 rings (SSSR count). The van der Waals surface area contributed by atoms with E-state index in [2.05, 4.69) is 15.4 Å². The lowest BCUT2D eigenvalue weighted by atomic mass is 9.79. The Balaban J connectivity index is 1.82. The van der Waals surface area contributed by atoms with Gasteiger partial charge >= 0.3 is 6.03 Å². The lowest BCUT2D eigenvalue weighted by molar-refractivity contribution is -0.115. The van der Waals surface area contributed by atoms with E-state index >= 15 is 0 Å². The predicted octanol–water partition coefficient (Wildman–Crippen LogP) is 2.04. The minimum absolute atomic E-state index is 0.0293. The topological polar surface area (TPSA) is 106 Å². The third kappa shape index (κ3) is 2.98. The SMILES string of the molecule is COc1cc2c(cc1OC)[C@H]1C/C(=N/NC(N)=O)C3=C(CCCC3=O)N1CC2. The number of benzene rings is 1. The highest BCUT2D eigenvalue weighted by Gasteiger charge is 2.40. The van der Waals surface area contributed by atoms with Gasteiger partial charge in [-0.25, -0.2) is 10.2 Å². The summed E-state index contributed by atoms with van der Waals surface area (Å²) < 4.78 is 10.9. The van der Waals surface area contributed by atoms with Gasteiger partial charge in [-0.15, -0.1) is 0 Å². The number of urea groups is 1. The minimum atomic E-state index is -0.740. The first-order valence-electron chi connectivity index (χ1n) is 9.43. The molecule has 1 aromatic carbocycles. The van der Waals surface area contributed by atoms with Crippen LogP contribution in [-0.2, 0) is 11.2 Å². The summed E-state index contributed by atoms with van der Waals surface area (Å²) in [5.41, 5.74) is 12.1. The van der Waals surface area contributed by atoms with E-state index in [1.54, 1.807) is 14.2 Å². The van der Waals surface area contributed by atoms with Crippen molar-refractivity contribution in [1.29, 1.82) is 0 Å². The smallest absolute Gasteiger partial charge is 0.332 e. The van der Waals surface area contributed by atoms with Gasteiger partial charge in [-0.3, -0.25) is 4.79 Å². The predicted molar refractivity (Wildman–Crippen MR) is 103 cm³/mol. The Morgan fingerprint density at radius 2 is 1.96 bits per heavy atom. The average molecular weight is 384 g/mol. The monoisotopic (exact) mass is 384 g/mol. The first-order chi connectivity index (χ1) is 13.5. The molecule has 0 saturated heterocycles. The number of hydrogen-bond acceptors (Lipinski definition) is 6. The zero-order valence-electron chi connectivity index (χ0n) is 16.1. The summed E-state index contributed by atoms with van der Waals surface area (Å²) in [5, 5.41) is 4.19. The Bertz CT molecular complexity index is 906. The van der Waals surface area contributed by atoms with E-state index in [-0.39, 0.29) is 11.8 Å². The van der Waals surface area contributed by atoms with E-state index in [0.717, 1.165) is 37.1 Å². The summed E-state index contributed by atoms with van der Waals surface area (Å²) >= 11 is 0. The number of primary amides is 1. The molecule has 8 nitrogen and oxygen atoms in total. The fourth-order valence-electron chi connectivity index (χ4n) is 4.52. The summed E-state index contributed by atoms with van der Waals surface area (Å²) in [5.74, 6) is 1.47. The second-order valence-electron chi connectivity index (χ2n) is 7.20. The molecule has 2 heterocycles. The zero-order valence-corrected chi connectivity index (χ0v) is 16.1. The molecule has 3 N–H and O–H groups in total. The van der Waals surface area contributed by atoms with Crippen LogP contribution in [0.4, 0.5) is 4.79 Å². The molecule has 2 aliphatic heterocycles. The van der Waals surface area contributed by atoms with Gasteiger partial charge in [-0.05, 0) is 42.5 Å². The van der Waals surface area contributed by atoms with Crippen molar-refractivity contribution in [2.45, 2.75) is 38.1 Å². The van der Waals surface area contributed by atoms with E-state index in [9.17, 15) is 9.59 Å². The fourth-order valence-corrected chi connectivity index (χ4v) is 4.52. The molecule has 1 aliphatic carbocycles. The number of methoxy groups -OCH3 is 2. The van der Waals surface area contributed by atoms with Gasteiger partial charge in [0.1, 0.15) is 0 Å². The highest BCUT2D eigenvalue weighted by molar-refractivity contribution is 6.24. The minimum Gasteiger partial charge on any atom is -0.493 e. The van der Waals surface area contributed by atoms with Gasteiger partial charge in [-0.2, -0.15) is 5.10 Å². The number of hydrazone groups is 1. The second-order valence-corrected chi connectivity index (χ2v) is 7.20.